The molecule has 1 aliphatic heterocycles. The van der Waals surface area contributed by atoms with Crippen LogP contribution in [0, 0.1) is 0 Å². The van der Waals surface area contributed by atoms with E-state index in [1.165, 1.54) is 11.5 Å². The topological polar surface area (TPSA) is 46.6 Å². The van der Waals surface area contributed by atoms with Gasteiger partial charge in [0, 0.05) is 49.5 Å². The molecule has 1 heterocycles. The number of Topliss-reactive ketones (excluding diaryl/α,β-unsaturated/α-hetero) is 1. The number of benzene rings is 1. The van der Waals surface area contributed by atoms with E-state index in [2.05, 4.69) is 11.0 Å². The monoisotopic (exact) mass is 377 g/mol. The van der Waals surface area contributed by atoms with Crippen LogP contribution in [0.2, 0.25) is 0 Å². The number of thioether (sulfide) groups is 1. The molecule has 0 unspecified atom stereocenters. The van der Waals surface area contributed by atoms with Gasteiger partial charge in [0.25, 0.3) is 0 Å². The molecule has 1 aromatic carbocycles. The van der Waals surface area contributed by atoms with Crippen molar-refractivity contribution in [2.24, 2.45) is 0 Å². The normalized spacial score (nSPS) is 15.0. The maximum absolute atomic E-state index is 12.6. The molecule has 0 N–H and O–H groups in total. The van der Waals surface area contributed by atoms with Gasteiger partial charge < -0.3 is 4.74 Å². The zero-order valence-electron chi connectivity index (χ0n) is 15.9. The van der Waals surface area contributed by atoms with Crippen molar-refractivity contribution >= 4 is 23.5 Å². The maximum atomic E-state index is 12.6. The first-order valence-electron chi connectivity index (χ1n) is 9.77. The number of ether oxygens (including phenoxy) is 1. The van der Waals surface area contributed by atoms with Crippen molar-refractivity contribution in [2.45, 2.75) is 52.0 Å². The molecule has 0 bridgehead atoms. The molecule has 0 atom stereocenters. The smallest absolute Gasteiger partial charge is 0.305 e. The Balaban J connectivity index is 1.72. The van der Waals surface area contributed by atoms with Gasteiger partial charge in [-0.05, 0) is 25.3 Å². The summed E-state index contributed by atoms with van der Waals surface area (Å²) in [7, 11) is 0. The van der Waals surface area contributed by atoms with E-state index in [4.69, 9.17) is 4.74 Å². The summed E-state index contributed by atoms with van der Waals surface area (Å²) in [4.78, 5) is 26.4. The number of nitrogens with zero attached hydrogens (tertiary/aromatic N) is 1. The molecule has 0 saturated carbocycles. The Kier molecular flexibility index (Phi) is 9.78. The third-order valence-corrected chi connectivity index (χ3v) is 5.60. The van der Waals surface area contributed by atoms with Crippen LogP contribution >= 0.6 is 11.8 Å². The van der Waals surface area contributed by atoms with Crippen molar-refractivity contribution in [3.63, 3.8) is 0 Å². The number of esters is 1. The molecule has 1 aromatic rings. The second-order valence-electron chi connectivity index (χ2n) is 6.69. The molecule has 5 heteroatoms. The number of carbonyl (C=O) groups excluding carboxylic acids is 2. The Hall–Kier alpha value is -1.33. The van der Waals surface area contributed by atoms with Crippen molar-refractivity contribution in [3.05, 3.63) is 35.4 Å². The first-order chi connectivity index (χ1) is 12.7. The molecule has 1 fully saturated rings. The molecule has 1 saturated heterocycles. The minimum Gasteiger partial charge on any atom is -0.466 e. The number of unbranched alkanes of at least 4 members (excludes halogenated alkanes) is 3. The van der Waals surface area contributed by atoms with Crippen LogP contribution in [0.25, 0.3) is 0 Å². The molecule has 2 rings (SSSR count). The van der Waals surface area contributed by atoms with Gasteiger partial charge in [-0.3, -0.25) is 14.5 Å². The Labute approximate surface area is 161 Å². The van der Waals surface area contributed by atoms with Crippen LogP contribution in [0.4, 0.5) is 0 Å². The summed E-state index contributed by atoms with van der Waals surface area (Å²) in [6.07, 6.45) is 4.76. The first kappa shape index (κ1) is 21.0. The van der Waals surface area contributed by atoms with Crippen LogP contribution < -0.4 is 0 Å². The van der Waals surface area contributed by atoms with Crippen LogP contribution in [0.3, 0.4) is 0 Å². The molecule has 1 aliphatic rings. The molecule has 0 spiro atoms. The van der Waals surface area contributed by atoms with E-state index in [-0.39, 0.29) is 11.8 Å². The fourth-order valence-electron chi connectivity index (χ4n) is 3.21. The Morgan fingerprint density at radius 2 is 1.73 bits per heavy atom. The van der Waals surface area contributed by atoms with Gasteiger partial charge in [-0.15, -0.1) is 0 Å². The Morgan fingerprint density at radius 1 is 1.04 bits per heavy atom. The van der Waals surface area contributed by atoms with Gasteiger partial charge in [-0.1, -0.05) is 37.1 Å². The SMILES string of the molecule is CCOC(=O)CCCCCCC(=O)c1ccccc1CN1CCSCC1. The maximum Gasteiger partial charge on any atom is 0.305 e. The highest BCUT2D eigenvalue weighted by molar-refractivity contribution is 7.99. The molecular weight excluding hydrogens is 346 g/mol. The number of hydrogen-bond donors (Lipinski definition) is 0. The third-order valence-electron chi connectivity index (χ3n) is 4.66. The van der Waals surface area contributed by atoms with Crippen LogP contribution in [0.1, 0.15) is 61.4 Å². The lowest BCUT2D eigenvalue weighted by Crippen LogP contribution is -2.32. The van der Waals surface area contributed by atoms with E-state index < -0.39 is 0 Å². The van der Waals surface area contributed by atoms with Gasteiger partial charge in [-0.2, -0.15) is 11.8 Å². The van der Waals surface area contributed by atoms with E-state index in [1.807, 2.05) is 36.9 Å². The molecule has 0 amide bonds. The van der Waals surface area contributed by atoms with Gasteiger partial charge in [-0.25, -0.2) is 0 Å². The highest BCUT2D eigenvalue weighted by Gasteiger charge is 2.15. The lowest BCUT2D eigenvalue weighted by molar-refractivity contribution is -0.143. The molecule has 0 radical (unpaired) electrons. The summed E-state index contributed by atoms with van der Waals surface area (Å²) in [5.74, 6) is 2.50. The summed E-state index contributed by atoms with van der Waals surface area (Å²) < 4.78 is 4.92. The zero-order valence-corrected chi connectivity index (χ0v) is 16.7. The lowest BCUT2D eigenvalue weighted by Gasteiger charge is -2.26. The van der Waals surface area contributed by atoms with E-state index in [9.17, 15) is 9.59 Å². The molecule has 144 valence electrons. The van der Waals surface area contributed by atoms with Crippen molar-refractivity contribution in [1.29, 1.82) is 0 Å². The molecule has 0 aliphatic carbocycles. The van der Waals surface area contributed by atoms with E-state index >= 15 is 0 Å². The highest BCUT2D eigenvalue weighted by Crippen LogP contribution is 2.18. The summed E-state index contributed by atoms with van der Waals surface area (Å²) >= 11 is 2.00. The summed E-state index contributed by atoms with van der Waals surface area (Å²) in [6.45, 7) is 5.36. The largest absolute Gasteiger partial charge is 0.466 e. The second kappa shape index (κ2) is 12.1. The predicted octanol–water partition coefficient (Wildman–Crippen LogP) is 4.32. The molecule has 26 heavy (non-hydrogen) atoms. The van der Waals surface area contributed by atoms with Gasteiger partial charge in [0.15, 0.2) is 5.78 Å². The lowest BCUT2D eigenvalue weighted by atomic mass is 9.98. The second-order valence-corrected chi connectivity index (χ2v) is 7.91. The zero-order chi connectivity index (χ0) is 18.6. The van der Waals surface area contributed by atoms with Gasteiger partial charge in [0.2, 0.25) is 0 Å². The predicted molar refractivity (Wildman–Crippen MR) is 108 cm³/mol. The van der Waals surface area contributed by atoms with E-state index in [0.29, 0.717) is 19.4 Å². The van der Waals surface area contributed by atoms with E-state index in [1.54, 1.807) is 0 Å². The minimum absolute atomic E-state index is 0.117. The number of rotatable bonds is 11. The number of carbonyl (C=O) groups is 2. The van der Waals surface area contributed by atoms with Gasteiger partial charge in [0.05, 0.1) is 6.61 Å². The summed E-state index contributed by atoms with van der Waals surface area (Å²) in [5, 5.41) is 0. The highest BCUT2D eigenvalue weighted by atomic mass is 32.2. The van der Waals surface area contributed by atoms with Crippen molar-refractivity contribution in [3.8, 4) is 0 Å². The minimum atomic E-state index is -0.117. The molecular formula is C21H31NO3S. The Morgan fingerprint density at radius 3 is 2.46 bits per heavy atom. The van der Waals surface area contributed by atoms with E-state index in [0.717, 1.165) is 56.4 Å². The fraction of sp³-hybridized carbons (Fsp3) is 0.619. The number of hydrogen-bond acceptors (Lipinski definition) is 5. The standard InChI is InChI=1S/C21H31NO3S/c1-2-25-21(24)12-6-4-3-5-11-20(23)19-10-8-7-9-18(19)17-22-13-15-26-16-14-22/h7-10H,2-6,11-17H2,1H3. The van der Waals surface area contributed by atoms with Gasteiger partial charge >= 0.3 is 5.97 Å². The third kappa shape index (κ3) is 7.50. The molecule has 0 aromatic heterocycles. The van der Waals surface area contributed by atoms with Crippen LogP contribution in [0.15, 0.2) is 24.3 Å². The van der Waals surface area contributed by atoms with Crippen LogP contribution in [0.5, 0.6) is 0 Å². The average Bonchev–Trinajstić information content (AvgIpc) is 2.66. The van der Waals surface area contributed by atoms with Gasteiger partial charge in [0.1, 0.15) is 0 Å². The van der Waals surface area contributed by atoms with Crippen molar-refractivity contribution in [1.82, 2.24) is 4.90 Å². The average molecular weight is 378 g/mol. The fourth-order valence-corrected chi connectivity index (χ4v) is 4.19. The van der Waals surface area contributed by atoms with Crippen LogP contribution in [-0.4, -0.2) is 47.9 Å². The van der Waals surface area contributed by atoms with Crippen molar-refractivity contribution in [2.75, 3.05) is 31.2 Å². The number of ketones is 1. The summed E-state index contributed by atoms with van der Waals surface area (Å²) in [6, 6.07) is 8.05. The quantitative estimate of drug-likeness (QED) is 0.326. The van der Waals surface area contributed by atoms with Crippen LogP contribution in [-0.2, 0) is 16.1 Å². The first-order valence-corrected chi connectivity index (χ1v) is 10.9. The summed E-state index contributed by atoms with van der Waals surface area (Å²) in [5.41, 5.74) is 2.05. The Bertz CT molecular complexity index is 570. The molecule has 4 nitrogen and oxygen atoms in total. The van der Waals surface area contributed by atoms with Crippen molar-refractivity contribution < 1.29 is 14.3 Å².